The van der Waals surface area contributed by atoms with Gasteiger partial charge in [0, 0.05) is 50.4 Å². The lowest BCUT2D eigenvalue weighted by atomic mass is 9.89. The van der Waals surface area contributed by atoms with Gasteiger partial charge in [-0.05, 0) is 23.5 Å². The van der Waals surface area contributed by atoms with Gasteiger partial charge in [0.2, 0.25) is 11.8 Å². The molecule has 2 amide bonds. The summed E-state index contributed by atoms with van der Waals surface area (Å²) < 4.78 is 0. The molecule has 0 bridgehead atoms. The molecule has 0 aliphatic carbocycles. The fourth-order valence-electron chi connectivity index (χ4n) is 3.65. The van der Waals surface area contributed by atoms with E-state index in [0.29, 0.717) is 19.4 Å². The molecule has 1 aromatic rings. The highest BCUT2D eigenvalue weighted by atomic mass is 32.2. The van der Waals surface area contributed by atoms with Gasteiger partial charge in [-0.3, -0.25) is 14.6 Å². The Morgan fingerprint density at radius 3 is 3.12 bits per heavy atom. The molecule has 6 nitrogen and oxygen atoms in total. The van der Waals surface area contributed by atoms with Crippen LogP contribution in [-0.4, -0.2) is 48.6 Å². The molecule has 0 spiro atoms. The number of benzene rings is 1. The number of aliphatic imine (C=N–C) groups is 1. The Kier molecular flexibility index (Phi) is 4.72. The zero-order valence-electron chi connectivity index (χ0n) is 14.8. The first-order valence-corrected chi connectivity index (χ1v) is 9.81. The zero-order chi connectivity index (χ0) is 18.1. The van der Waals surface area contributed by atoms with Crippen LogP contribution in [0.5, 0.6) is 0 Å². The first-order valence-electron chi connectivity index (χ1n) is 8.93. The van der Waals surface area contributed by atoms with Crippen LogP contribution in [0, 0.1) is 0 Å². The molecule has 1 atom stereocenters. The third-order valence-electron chi connectivity index (χ3n) is 5.09. The summed E-state index contributed by atoms with van der Waals surface area (Å²) in [6, 6.07) is 7.92. The standard InChI is InChI=1S/C19H22N4O2S/c1-22-16-6-3-2-5-15(16)13(9-18(22)25)11-21-17(24)10-14-12-26-19-20-7-4-8-23(14)19/h2-3,5-6,12-13H,4,7-11H2,1H3,(H,21,24). The van der Waals surface area contributed by atoms with E-state index >= 15 is 0 Å². The second kappa shape index (κ2) is 7.15. The lowest BCUT2D eigenvalue weighted by Gasteiger charge is -2.31. The van der Waals surface area contributed by atoms with Gasteiger partial charge >= 0.3 is 0 Å². The first kappa shape index (κ1) is 17.1. The van der Waals surface area contributed by atoms with Crippen LogP contribution in [-0.2, 0) is 9.59 Å². The highest BCUT2D eigenvalue weighted by molar-refractivity contribution is 8.16. The molecule has 1 aromatic carbocycles. The molecule has 4 rings (SSSR count). The van der Waals surface area contributed by atoms with Crippen molar-refractivity contribution < 1.29 is 9.59 Å². The predicted molar refractivity (Wildman–Crippen MR) is 104 cm³/mol. The molecule has 1 N–H and O–H groups in total. The molecule has 0 fully saturated rings. The van der Waals surface area contributed by atoms with Crippen LogP contribution in [0.4, 0.5) is 5.69 Å². The molecular weight excluding hydrogens is 348 g/mol. The molecule has 7 heteroatoms. The van der Waals surface area contributed by atoms with Crippen molar-refractivity contribution in [2.24, 2.45) is 4.99 Å². The minimum atomic E-state index is -0.00692. The Morgan fingerprint density at radius 2 is 2.23 bits per heavy atom. The number of amides is 2. The van der Waals surface area contributed by atoms with E-state index in [9.17, 15) is 9.59 Å². The van der Waals surface area contributed by atoms with Gasteiger partial charge in [-0.15, -0.1) is 0 Å². The summed E-state index contributed by atoms with van der Waals surface area (Å²) in [5.74, 6) is 0.109. The number of hydrogen-bond acceptors (Lipinski definition) is 5. The minimum absolute atomic E-state index is 0.00692. The van der Waals surface area contributed by atoms with Crippen molar-refractivity contribution in [2.45, 2.75) is 25.2 Å². The minimum Gasteiger partial charge on any atom is -0.355 e. The number of nitrogens with zero attached hydrogens (tertiary/aromatic N) is 3. The Bertz CT molecular complexity index is 804. The normalized spacial score (nSPS) is 21.7. The Labute approximate surface area is 157 Å². The lowest BCUT2D eigenvalue weighted by molar-refractivity contribution is -0.122. The van der Waals surface area contributed by atoms with Crippen molar-refractivity contribution in [1.29, 1.82) is 0 Å². The highest BCUT2D eigenvalue weighted by Gasteiger charge is 2.30. The fourth-order valence-corrected chi connectivity index (χ4v) is 4.60. The maximum absolute atomic E-state index is 12.5. The van der Waals surface area contributed by atoms with Crippen molar-refractivity contribution in [1.82, 2.24) is 10.2 Å². The van der Waals surface area contributed by atoms with Gasteiger partial charge in [0.15, 0.2) is 5.17 Å². The maximum atomic E-state index is 12.5. The van der Waals surface area contributed by atoms with E-state index in [1.54, 1.807) is 23.7 Å². The van der Waals surface area contributed by atoms with E-state index < -0.39 is 0 Å². The molecule has 26 heavy (non-hydrogen) atoms. The number of nitrogens with one attached hydrogen (secondary N) is 1. The third-order valence-corrected chi connectivity index (χ3v) is 6.04. The highest BCUT2D eigenvalue weighted by Crippen LogP contribution is 2.35. The van der Waals surface area contributed by atoms with Crippen LogP contribution in [0.1, 0.15) is 30.7 Å². The third kappa shape index (κ3) is 3.23. The van der Waals surface area contributed by atoms with Crippen molar-refractivity contribution >= 4 is 34.4 Å². The number of rotatable bonds is 4. The van der Waals surface area contributed by atoms with Crippen LogP contribution in [0.2, 0.25) is 0 Å². The number of anilines is 1. The number of carbonyl (C=O) groups is 2. The number of thioether (sulfide) groups is 1. The van der Waals surface area contributed by atoms with Crippen molar-refractivity contribution in [2.75, 3.05) is 31.6 Å². The van der Waals surface area contributed by atoms with Crippen LogP contribution in [0.15, 0.2) is 40.4 Å². The SMILES string of the molecule is CN1C(=O)CC(CNC(=O)CC2=CSC3=NCCCN23)c2ccccc21. The largest absolute Gasteiger partial charge is 0.355 e. The van der Waals surface area contributed by atoms with Gasteiger partial charge in [-0.25, -0.2) is 0 Å². The van der Waals surface area contributed by atoms with Crippen LogP contribution in [0.25, 0.3) is 0 Å². The molecule has 0 aromatic heterocycles. The Morgan fingerprint density at radius 1 is 1.38 bits per heavy atom. The van der Waals surface area contributed by atoms with Gasteiger partial charge < -0.3 is 15.1 Å². The number of carbonyl (C=O) groups excluding carboxylic acids is 2. The van der Waals surface area contributed by atoms with Gasteiger partial charge in [0.05, 0.1) is 6.42 Å². The van der Waals surface area contributed by atoms with Crippen molar-refractivity contribution in [3.8, 4) is 0 Å². The monoisotopic (exact) mass is 370 g/mol. The maximum Gasteiger partial charge on any atom is 0.227 e. The number of hydrogen-bond donors (Lipinski definition) is 1. The molecule has 3 aliphatic heterocycles. The zero-order valence-corrected chi connectivity index (χ0v) is 15.6. The van der Waals surface area contributed by atoms with E-state index in [2.05, 4.69) is 15.2 Å². The number of amidine groups is 1. The lowest BCUT2D eigenvalue weighted by Crippen LogP contribution is -2.38. The first-order chi connectivity index (χ1) is 12.6. The molecule has 3 aliphatic rings. The Balaban J connectivity index is 1.38. The van der Waals surface area contributed by atoms with Gasteiger partial charge in [-0.2, -0.15) is 0 Å². The van der Waals surface area contributed by atoms with E-state index in [1.165, 1.54) is 0 Å². The van der Waals surface area contributed by atoms with E-state index in [0.717, 1.165) is 41.6 Å². The second-order valence-electron chi connectivity index (χ2n) is 6.79. The summed E-state index contributed by atoms with van der Waals surface area (Å²) >= 11 is 1.60. The van der Waals surface area contributed by atoms with Gasteiger partial charge in [0.1, 0.15) is 0 Å². The molecular formula is C19H22N4O2S. The quantitative estimate of drug-likeness (QED) is 0.883. The predicted octanol–water partition coefficient (Wildman–Crippen LogP) is 2.29. The average molecular weight is 370 g/mol. The van der Waals surface area contributed by atoms with Crippen LogP contribution >= 0.6 is 11.8 Å². The van der Waals surface area contributed by atoms with E-state index in [1.807, 2.05) is 29.7 Å². The molecule has 0 radical (unpaired) electrons. The average Bonchev–Trinajstić information content (AvgIpc) is 3.06. The van der Waals surface area contributed by atoms with Crippen LogP contribution < -0.4 is 10.2 Å². The summed E-state index contributed by atoms with van der Waals surface area (Å²) in [5, 5.41) is 6.06. The fraction of sp³-hybridized carbons (Fsp3) is 0.421. The summed E-state index contributed by atoms with van der Waals surface area (Å²) in [5.41, 5.74) is 3.08. The van der Waals surface area contributed by atoms with E-state index in [-0.39, 0.29) is 17.7 Å². The molecule has 136 valence electrons. The summed E-state index contributed by atoms with van der Waals surface area (Å²) in [6.45, 7) is 2.29. The second-order valence-corrected chi connectivity index (χ2v) is 7.63. The molecule has 1 unspecified atom stereocenters. The molecule has 0 saturated carbocycles. The van der Waals surface area contributed by atoms with Gasteiger partial charge in [0.25, 0.3) is 0 Å². The van der Waals surface area contributed by atoms with Gasteiger partial charge in [-0.1, -0.05) is 30.0 Å². The molecule has 3 heterocycles. The molecule has 0 saturated heterocycles. The van der Waals surface area contributed by atoms with Crippen molar-refractivity contribution in [3.63, 3.8) is 0 Å². The number of para-hydroxylation sites is 1. The van der Waals surface area contributed by atoms with Crippen molar-refractivity contribution in [3.05, 3.63) is 40.9 Å². The van der Waals surface area contributed by atoms with E-state index in [4.69, 9.17) is 0 Å². The van der Waals surface area contributed by atoms with Crippen LogP contribution in [0.3, 0.4) is 0 Å². The summed E-state index contributed by atoms with van der Waals surface area (Å²) in [4.78, 5) is 33.0. The topological polar surface area (TPSA) is 65.0 Å². The Hall–Kier alpha value is -2.28. The summed E-state index contributed by atoms with van der Waals surface area (Å²) in [7, 11) is 1.80. The number of fused-ring (bicyclic) bond motifs is 2. The summed E-state index contributed by atoms with van der Waals surface area (Å²) in [6.07, 6.45) is 1.81. The smallest absolute Gasteiger partial charge is 0.227 e.